The van der Waals surface area contributed by atoms with E-state index in [1.165, 1.54) is 98.2 Å². The van der Waals surface area contributed by atoms with Crippen LogP contribution in [0.25, 0.3) is 110 Å². The fourth-order valence-corrected chi connectivity index (χ4v) is 9.54. The van der Waals surface area contributed by atoms with Crippen LogP contribution in [0.3, 0.4) is 0 Å². The fourth-order valence-electron chi connectivity index (χ4n) is 9.54. The lowest BCUT2D eigenvalue weighted by Crippen LogP contribution is -2.00. The molecule has 0 fully saturated rings. The predicted molar refractivity (Wildman–Crippen MR) is 239 cm³/mol. The standard InChI is InChI=1S/C54H34N2/c1-3-17-35(18-4-1)37-21-15-23-39(33-37)55-47-31-13-11-29-45(47)51-49-43-27-9-7-25-41(43)42-26-8-10-28-44(42)50(49)52-46-30-12-14-32-48(46)56(54(52)53(51)55)40-24-16-22-38(34-40)36-19-5-2-6-20-36/h1-34H. The van der Waals surface area contributed by atoms with E-state index in [1.807, 2.05) is 0 Å². The van der Waals surface area contributed by atoms with Crippen LogP contribution in [0.1, 0.15) is 0 Å². The highest BCUT2D eigenvalue weighted by Gasteiger charge is 2.27. The molecule has 0 N–H and O–H groups in total. The summed E-state index contributed by atoms with van der Waals surface area (Å²) in [5.74, 6) is 0. The molecular formula is C54H34N2. The Bertz CT molecular complexity index is 3280. The van der Waals surface area contributed by atoms with Gasteiger partial charge in [0, 0.05) is 43.7 Å². The third kappa shape index (κ3) is 4.38. The Hall–Kier alpha value is -7.42. The van der Waals surface area contributed by atoms with Crippen LogP contribution in [-0.4, -0.2) is 9.13 Å². The van der Waals surface area contributed by atoms with Crippen LogP contribution in [-0.2, 0) is 0 Å². The topological polar surface area (TPSA) is 9.86 Å². The van der Waals surface area contributed by atoms with Crippen molar-refractivity contribution < 1.29 is 0 Å². The van der Waals surface area contributed by atoms with Gasteiger partial charge in [-0.25, -0.2) is 0 Å². The average Bonchev–Trinajstić information content (AvgIpc) is 3.81. The monoisotopic (exact) mass is 710 g/mol. The number of fused-ring (bicyclic) bond motifs is 15. The molecule has 2 nitrogen and oxygen atoms in total. The average molecular weight is 711 g/mol. The van der Waals surface area contributed by atoms with E-state index in [2.05, 4.69) is 215 Å². The maximum atomic E-state index is 2.54. The van der Waals surface area contributed by atoms with E-state index in [-0.39, 0.29) is 0 Å². The van der Waals surface area contributed by atoms with E-state index < -0.39 is 0 Å². The lowest BCUT2D eigenvalue weighted by molar-refractivity contribution is 1.15. The first kappa shape index (κ1) is 31.0. The number of aromatic nitrogens is 2. The number of nitrogens with zero attached hydrogens (tertiary/aromatic N) is 2. The summed E-state index contributed by atoms with van der Waals surface area (Å²) in [4.78, 5) is 0. The second-order valence-corrected chi connectivity index (χ2v) is 14.8. The summed E-state index contributed by atoms with van der Waals surface area (Å²) in [7, 11) is 0. The maximum Gasteiger partial charge on any atom is 0.0795 e. The van der Waals surface area contributed by atoms with Crippen LogP contribution >= 0.6 is 0 Å². The third-order valence-corrected chi connectivity index (χ3v) is 11.8. The number of hydrogen-bond donors (Lipinski definition) is 0. The zero-order chi connectivity index (χ0) is 36.7. The Morgan fingerprint density at radius 1 is 0.232 bits per heavy atom. The molecule has 0 unspecified atom stereocenters. The highest BCUT2D eigenvalue weighted by molar-refractivity contribution is 6.45. The molecule has 2 heterocycles. The Kier molecular flexibility index (Phi) is 6.66. The van der Waals surface area contributed by atoms with Crippen molar-refractivity contribution in [2.75, 3.05) is 0 Å². The van der Waals surface area contributed by atoms with Crippen molar-refractivity contribution in [2.45, 2.75) is 0 Å². The SMILES string of the molecule is c1ccc(-c2cccc(-n3c4ccccc4c4c5c6ccccc6c6ccccc6c5c5c6ccccc6n(-c6cccc(-c7ccccc7)c6)c5c43)c2)cc1. The minimum atomic E-state index is 1.14. The molecule has 2 heteroatoms. The second kappa shape index (κ2) is 12.0. The van der Waals surface area contributed by atoms with Gasteiger partial charge in [-0.3, -0.25) is 0 Å². The van der Waals surface area contributed by atoms with Gasteiger partial charge in [-0.1, -0.05) is 170 Å². The summed E-state index contributed by atoms with van der Waals surface area (Å²) in [5.41, 5.74) is 11.9. The molecule has 0 aliphatic rings. The minimum Gasteiger partial charge on any atom is -0.307 e. The van der Waals surface area contributed by atoms with Crippen LogP contribution in [0.15, 0.2) is 206 Å². The largest absolute Gasteiger partial charge is 0.307 e. The highest BCUT2D eigenvalue weighted by atomic mass is 15.0. The number of benzene rings is 10. The van der Waals surface area contributed by atoms with E-state index in [0.29, 0.717) is 0 Å². The fraction of sp³-hybridized carbons (Fsp3) is 0. The Labute approximate surface area is 323 Å². The first-order chi connectivity index (χ1) is 27.8. The quantitative estimate of drug-likeness (QED) is 0.161. The summed E-state index contributed by atoms with van der Waals surface area (Å²) in [6.07, 6.45) is 0. The Balaban J connectivity index is 1.38. The minimum absolute atomic E-state index is 1.14. The van der Waals surface area contributed by atoms with Crippen molar-refractivity contribution in [3.8, 4) is 33.6 Å². The predicted octanol–water partition coefficient (Wildman–Crippen LogP) is 14.7. The summed E-state index contributed by atoms with van der Waals surface area (Å²) >= 11 is 0. The van der Waals surface area contributed by atoms with Crippen molar-refractivity contribution >= 4 is 75.9 Å². The molecule has 12 aromatic rings. The second-order valence-electron chi connectivity index (χ2n) is 14.8. The Morgan fingerprint density at radius 3 is 1.00 bits per heavy atom. The van der Waals surface area contributed by atoms with Crippen LogP contribution in [0, 0.1) is 0 Å². The van der Waals surface area contributed by atoms with Crippen LogP contribution < -0.4 is 0 Å². The summed E-state index contributed by atoms with van der Waals surface area (Å²) < 4.78 is 5.08. The summed E-state index contributed by atoms with van der Waals surface area (Å²) in [6.45, 7) is 0. The summed E-state index contributed by atoms with van der Waals surface area (Å²) in [6, 6.07) is 75.6. The molecule has 0 atom stereocenters. The molecular weight excluding hydrogens is 677 g/mol. The number of hydrogen-bond acceptors (Lipinski definition) is 0. The van der Waals surface area contributed by atoms with E-state index in [1.54, 1.807) is 0 Å². The smallest absolute Gasteiger partial charge is 0.0795 e. The molecule has 260 valence electrons. The lowest BCUT2D eigenvalue weighted by Gasteiger charge is -2.17. The molecule has 0 amide bonds. The molecule has 0 aliphatic heterocycles. The van der Waals surface area contributed by atoms with E-state index in [4.69, 9.17) is 0 Å². The van der Waals surface area contributed by atoms with Crippen molar-refractivity contribution in [1.82, 2.24) is 9.13 Å². The maximum absolute atomic E-state index is 2.54. The van der Waals surface area contributed by atoms with Gasteiger partial charge in [0.25, 0.3) is 0 Å². The molecule has 0 aliphatic carbocycles. The van der Waals surface area contributed by atoms with Crippen molar-refractivity contribution in [2.24, 2.45) is 0 Å². The first-order valence-electron chi connectivity index (χ1n) is 19.4. The van der Waals surface area contributed by atoms with Gasteiger partial charge < -0.3 is 9.13 Å². The number of rotatable bonds is 4. The van der Waals surface area contributed by atoms with Crippen molar-refractivity contribution in [3.63, 3.8) is 0 Å². The van der Waals surface area contributed by atoms with Gasteiger partial charge in [-0.15, -0.1) is 0 Å². The van der Waals surface area contributed by atoms with E-state index >= 15 is 0 Å². The zero-order valence-electron chi connectivity index (χ0n) is 30.5. The molecule has 56 heavy (non-hydrogen) atoms. The van der Waals surface area contributed by atoms with Crippen molar-refractivity contribution in [1.29, 1.82) is 0 Å². The first-order valence-corrected chi connectivity index (χ1v) is 19.4. The van der Waals surface area contributed by atoms with Gasteiger partial charge in [-0.2, -0.15) is 0 Å². The highest BCUT2D eigenvalue weighted by Crippen LogP contribution is 2.51. The van der Waals surface area contributed by atoms with Gasteiger partial charge in [-0.05, 0) is 80.2 Å². The molecule has 2 aromatic heterocycles. The zero-order valence-corrected chi connectivity index (χ0v) is 30.5. The molecule has 12 rings (SSSR count). The van der Waals surface area contributed by atoms with E-state index in [9.17, 15) is 0 Å². The van der Waals surface area contributed by atoms with Gasteiger partial charge >= 0.3 is 0 Å². The lowest BCUT2D eigenvalue weighted by atomic mass is 9.89. The number of para-hydroxylation sites is 2. The van der Waals surface area contributed by atoms with Gasteiger partial charge in [0.15, 0.2) is 0 Å². The molecule has 0 radical (unpaired) electrons. The molecule has 0 spiro atoms. The molecule has 0 saturated carbocycles. The van der Waals surface area contributed by atoms with Crippen LogP contribution in [0.4, 0.5) is 0 Å². The summed E-state index contributed by atoms with van der Waals surface area (Å²) in [5, 5.41) is 12.8. The molecule has 0 saturated heterocycles. The molecule has 10 aromatic carbocycles. The van der Waals surface area contributed by atoms with E-state index in [0.717, 1.165) is 11.4 Å². The third-order valence-electron chi connectivity index (χ3n) is 11.8. The normalized spacial score (nSPS) is 11.9. The van der Waals surface area contributed by atoms with Crippen molar-refractivity contribution in [3.05, 3.63) is 206 Å². The van der Waals surface area contributed by atoms with Crippen LogP contribution in [0.5, 0.6) is 0 Å². The van der Waals surface area contributed by atoms with Gasteiger partial charge in [0.05, 0.1) is 22.1 Å². The van der Waals surface area contributed by atoms with Gasteiger partial charge in [0.1, 0.15) is 0 Å². The molecule has 0 bridgehead atoms. The van der Waals surface area contributed by atoms with Gasteiger partial charge in [0.2, 0.25) is 0 Å². The Morgan fingerprint density at radius 2 is 0.571 bits per heavy atom. The van der Waals surface area contributed by atoms with Crippen LogP contribution in [0.2, 0.25) is 0 Å².